The molecule has 110 valence electrons. The summed E-state index contributed by atoms with van der Waals surface area (Å²) < 4.78 is 0. The number of thiophene rings is 1. The number of carboxylic acids is 1. The van der Waals surface area contributed by atoms with Crippen molar-refractivity contribution in [1.82, 2.24) is 4.90 Å². The van der Waals surface area contributed by atoms with Gasteiger partial charge in [0, 0.05) is 18.6 Å². The van der Waals surface area contributed by atoms with Crippen molar-refractivity contribution in [2.24, 2.45) is 5.92 Å². The number of carbonyl (C=O) groups is 1. The van der Waals surface area contributed by atoms with E-state index >= 15 is 0 Å². The van der Waals surface area contributed by atoms with Crippen LogP contribution >= 0.6 is 11.3 Å². The highest BCUT2D eigenvalue weighted by Gasteiger charge is 2.40. The van der Waals surface area contributed by atoms with Crippen LogP contribution in [-0.2, 0) is 11.3 Å². The van der Waals surface area contributed by atoms with Crippen LogP contribution < -0.4 is 0 Å². The number of carboxylic acid groups (broad SMARTS) is 1. The van der Waals surface area contributed by atoms with Crippen LogP contribution in [0.4, 0.5) is 0 Å². The number of rotatable bonds is 5. The Labute approximate surface area is 124 Å². The minimum absolute atomic E-state index is 0.170. The van der Waals surface area contributed by atoms with Crippen LogP contribution in [0.3, 0.4) is 0 Å². The second-order valence-electron chi connectivity index (χ2n) is 6.19. The van der Waals surface area contributed by atoms with Crippen LogP contribution in [0.5, 0.6) is 0 Å². The third-order valence-electron chi connectivity index (χ3n) is 4.68. The van der Waals surface area contributed by atoms with E-state index < -0.39 is 5.97 Å². The van der Waals surface area contributed by atoms with Gasteiger partial charge in [0.1, 0.15) is 0 Å². The third kappa shape index (κ3) is 3.23. The molecule has 2 fully saturated rings. The van der Waals surface area contributed by atoms with E-state index in [9.17, 15) is 9.90 Å². The molecule has 2 aliphatic rings. The molecule has 0 aromatic carbocycles. The highest BCUT2D eigenvalue weighted by Crippen LogP contribution is 2.37. The molecule has 0 amide bonds. The second-order valence-corrected chi connectivity index (χ2v) is 6.97. The lowest BCUT2D eigenvalue weighted by Gasteiger charge is -2.34. The second kappa shape index (κ2) is 6.27. The molecule has 1 aromatic rings. The Hall–Kier alpha value is -0.870. The molecule has 0 radical (unpaired) electrons. The molecule has 20 heavy (non-hydrogen) atoms. The minimum atomic E-state index is -0.590. The average molecular weight is 293 g/mol. The van der Waals surface area contributed by atoms with E-state index in [-0.39, 0.29) is 12.0 Å². The monoisotopic (exact) mass is 293 g/mol. The maximum absolute atomic E-state index is 11.6. The summed E-state index contributed by atoms with van der Waals surface area (Å²) in [5.41, 5.74) is 1.34. The highest BCUT2D eigenvalue weighted by molar-refractivity contribution is 7.07. The average Bonchev–Trinajstić information content (AvgIpc) is 3.19. The predicted octanol–water partition coefficient (Wildman–Crippen LogP) is 3.75. The van der Waals surface area contributed by atoms with Gasteiger partial charge in [-0.05, 0) is 48.1 Å². The Balaban J connectivity index is 1.78. The summed E-state index contributed by atoms with van der Waals surface area (Å²) in [4.78, 5) is 14.1. The molecule has 0 spiro atoms. The topological polar surface area (TPSA) is 40.5 Å². The summed E-state index contributed by atoms with van der Waals surface area (Å²) in [7, 11) is 0. The molecule has 0 saturated heterocycles. The first-order valence-corrected chi connectivity index (χ1v) is 8.69. The first kappa shape index (κ1) is 14.1. The van der Waals surface area contributed by atoms with Gasteiger partial charge in [0.2, 0.25) is 0 Å². The van der Waals surface area contributed by atoms with Crippen molar-refractivity contribution in [2.45, 2.75) is 63.6 Å². The molecule has 4 heteroatoms. The van der Waals surface area contributed by atoms with Gasteiger partial charge in [0.15, 0.2) is 0 Å². The molecule has 0 aliphatic heterocycles. The van der Waals surface area contributed by atoms with Gasteiger partial charge in [-0.25, -0.2) is 0 Å². The van der Waals surface area contributed by atoms with Crippen LogP contribution in [0, 0.1) is 5.92 Å². The lowest BCUT2D eigenvalue weighted by Crippen LogP contribution is -2.44. The van der Waals surface area contributed by atoms with Crippen LogP contribution in [0.15, 0.2) is 16.8 Å². The number of aliphatic carboxylic acids is 1. The van der Waals surface area contributed by atoms with Gasteiger partial charge in [-0.3, -0.25) is 9.69 Å². The van der Waals surface area contributed by atoms with Gasteiger partial charge in [0.05, 0.1) is 5.92 Å². The predicted molar refractivity (Wildman–Crippen MR) is 80.9 cm³/mol. The number of hydrogen-bond acceptors (Lipinski definition) is 3. The Bertz CT molecular complexity index is 441. The molecule has 3 rings (SSSR count). The Morgan fingerprint density at radius 3 is 2.70 bits per heavy atom. The molecular formula is C16H23NO2S. The first-order valence-electron chi connectivity index (χ1n) is 7.75. The van der Waals surface area contributed by atoms with Crippen LogP contribution in [0.2, 0.25) is 0 Å². The SMILES string of the molecule is O=C(O)C1CCCCCC1N(Cc1ccsc1)C1CC1. The van der Waals surface area contributed by atoms with Crippen molar-refractivity contribution < 1.29 is 9.90 Å². The molecule has 2 atom stereocenters. The van der Waals surface area contributed by atoms with Crippen molar-refractivity contribution >= 4 is 17.3 Å². The molecule has 3 nitrogen and oxygen atoms in total. The smallest absolute Gasteiger partial charge is 0.308 e. The third-order valence-corrected chi connectivity index (χ3v) is 5.42. The fourth-order valence-corrected chi connectivity index (χ4v) is 4.15. The van der Waals surface area contributed by atoms with E-state index in [1.165, 1.54) is 31.2 Å². The summed E-state index contributed by atoms with van der Waals surface area (Å²) >= 11 is 1.73. The summed E-state index contributed by atoms with van der Waals surface area (Å²) in [5.74, 6) is -0.760. The van der Waals surface area contributed by atoms with Crippen molar-refractivity contribution in [3.05, 3.63) is 22.4 Å². The van der Waals surface area contributed by atoms with Crippen LogP contribution in [0.25, 0.3) is 0 Å². The van der Waals surface area contributed by atoms with Gasteiger partial charge < -0.3 is 5.11 Å². The Kier molecular flexibility index (Phi) is 4.41. The maximum Gasteiger partial charge on any atom is 0.308 e. The molecule has 2 aliphatic carbocycles. The quantitative estimate of drug-likeness (QED) is 0.841. The standard InChI is InChI=1S/C16H23NO2S/c18-16(19)14-4-2-1-3-5-15(14)17(13-6-7-13)10-12-8-9-20-11-12/h8-9,11,13-15H,1-7,10H2,(H,18,19). The zero-order chi connectivity index (χ0) is 13.9. The van der Waals surface area contributed by atoms with E-state index in [0.29, 0.717) is 6.04 Å². The summed E-state index contributed by atoms with van der Waals surface area (Å²) in [6.07, 6.45) is 7.84. The maximum atomic E-state index is 11.6. The van der Waals surface area contributed by atoms with E-state index in [1.54, 1.807) is 11.3 Å². The molecule has 1 aromatic heterocycles. The summed E-state index contributed by atoms with van der Waals surface area (Å²) in [6, 6.07) is 3.04. The van der Waals surface area contributed by atoms with Gasteiger partial charge in [-0.2, -0.15) is 11.3 Å². The lowest BCUT2D eigenvalue weighted by atomic mass is 9.93. The molecule has 2 unspecified atom stereocenters. The van der Waals surface area contributed by atoms with E-state index in [1.807, 2.05) is 0 Å². The largest absolute Gasteiger partial charge is 0.481 e. The minimum Gasteiger partial charge on any atom is -0.481 e. The van der Waals surface area contributed by atoms with Gasteiger partial charge in [-0.15, -0.1) is 0 Å². The van der Waals surface area contributed by atoms with E-state index in [0.717, 1.165) is 25.8 Å². The van der Waals surface area contributed by atoms with E-state index in [4.69, 9.17) is 0 Å². The Morgan fingerprint density at radius 2 is 2.05 bits per heavy atom. The van der Waals surface area contributed by atoms with Crippen LogP contribution in [-0.4, -0.2) is 28.1 Å². The molecule has 1 heterocycles. The molecule has 1 N–H and O–H groups in total. The lowest BCUT2D eigenvalue weighted by molar-refractivity contribution is -0.144. The normalized spacial score (nSPS) is 27.4. The number of nitrogens with zero attached hydrogens (tertiary/aromatic N) is 1. The Morgan fingerprint density at radius 1 is 1.25 bits per heavy atom. The van der Waals surface area contributed by atoms with Crippen LogP contribution in [0.1, 0.15) is 50.5 Å². The van der Waals surface area contributed by atoms with Crippen molar-refractivity contribution in [3.63, 3.8) is 0 Å². The van der Waals surface area contributed by atoms with Crippen molar-refractivity contribution in [1.29, 1.82) is 0 Å². The zero-order valence-corrected chi connectivity index (χ0v) is 12.6. The first-order chi connectivity index (χ1) is 9.75. The van der Waals surface area contributed by atoms with Gasteiger partial charge in [0.25, 0.3) is 0 Å². The van der Waals surface area contributed by atoms with Crippen molar-refractivity contribution in [2.75, 3.05) is 0 Å². The fraction of sp³-hybridized carbons (Fsp3) is 0.688. The molecule has 0 bridgehead atoms. The zero-order valence-electron chi connectivity index (χ0n) is 11.8. The number of hydrogen-bond donors (Lipinski definition) is 1. The molecular weight excluding hydrogens is 270 g/mol. The van der Waals surface area contributed by atoms with Crippen molar-refractivity contribution in [3.8, 4) is 0 Å². The van der Waals surface area contributed by atoms with E-state index in [2.05, 4.69) is 21.7 Å². The van der Waals surface area contributed by atoms with Gasteiger partial charge in [-0.1, -0.05) is 19.3 Å². The van der Waals surface area contributed by atoms with Gasteiger partial charge >= 0.3 is 5.97 Å². The molecule has 2 saturated carbocycles. The summed E-state index contributed by atoms with van der Waals surface area (Å²) in [6.45, 7) is 0.933. The summed E-state index contributed by atoms with van der Waals surface area (Å²) in [5, 5.41) is 13.9. The fourth-order valence-electron chi connectivity index (χ4n) is 3.49. The highest BCUT2D eigenvalue weighted by atomic mass is 32.1.